The van der Waals surface area contributed by atoms with Crippen molar-refractivity contribution in [2.24, 2.45) is 4.99 Å². The zero-order chi connectivity index (χ0) is 17.1. The number of methoxy groups -OCH3 is 1. The van der Waals surface area contributed by atoms with Gasteiger partial charge < -0.3 is 29.5 Å². The highest BCUT2D eigenvalue weighted by molar-refractivity contribution is 14.0. The number of aliphatic imine (C=N–C) groups is 1. The Balaban J connectivity index is 0.00000529. The fraction of sp³-hybridized carbons (Fsp3) is 0.867. The van der Waals surface area contributed by atoms with Crippen LogP contribution in [0.5, 0.6) is 0 Å². The van der Waals surface area contributed by atoms with Crippen molar-refractivity contribution in [1.29, 1.82) is 0 Å². The minimum absolute atomic E-state index is 0. The summed E-state index contributed by atoms with van der Waals surface area (Å²) in [6.45, 7) is 8.48. The third-order valence-electron chi connectivity index (χ3n) is 3.77. The highest BCUT2D eigenvalue weighted by Crippen LogP contribution is 2.04. The molecule has 0 aromatic carbocycles. The van der Waals surface area contributed by atoms with Crippen LogP contribution in [0.2, 0.25) is 0 Å². The van der Waals surface area contributed by atoms with Crippen molar-refractivity contribution in [3.8, 4) is 0 Å². The van der Waals surface area contributed by atoms with Crippen LogP contribution in [0.4, 0.5) is 4.79 Å². The van der Waals surface area contributed by atoms with Gasteiger partial charge in [0.05, 0.1) is 13.2 Å². The van der Waals surface area contributed by atoms with E-state index in [1.165, 1.54) is 0 Å². The van der Waals surface area contributed by atoms with E-state index < -0.39 is 0 Å². The zero-order valence-corrected chi connectivity index (χ0v) is 17.6. The van der Waals surface area contributed by atoms with Crippen molar-refractivity contribution in [2.45, 2.75) is 6.92 Å². The number of hydrogen-bond acceptors (Lipinski definition) is 5. The van der Waals surface area contributed by atoms with Gasteiger partial charge in [-0.1, -0.05) is 0 Å². The van der Waals surface area contributed by atoms with Crippen LogP contribution >= 0.6 is 24.0 Å². The Kier molecular flexibility index (Phi) is 13.0. The quantitative estimate of drug-likeness (QED) is 0.342. The molecule has 0 aromatic rings. The average molecular weight is 457 g/mol. The molecule has 24 heavy (non-hydrogen) atoms. The van der Waals surface area contributed by atoms with E-state index >= 15 is 0 Å². The number of carbonyl (C=O) groups is 1. The molecule has 9 heteroatoms. The number of likely N-dealkylation sites (N-methyl/N-ethyl adjacent to an activating group) is 1. The first-order chi connectivity index (χ1) is 11.1. The van der Waals surface area contributed by atoms with Gasteiger partial charge in [0.25, 0.3) is 0 Å². The van der Waals surface area contributed by atoms with Crippen LogP contribution in [-0.4, -0.2) is 107 Å². The second kappa shape index (κ2) is 13.5. The molecule has 8 nitrogen and oxygen atoms in total. The van der Waals surface area contributed by atoms with Crippen LogP contribution < -0.4 is 5.32 Å². The Morgan fingerprint density at radius 3 is 2.38 bits per heavy atom. The number of piperazine rings is 1. The van der Waals surface area contributed by atoms with Crippen molar-refractivity contribution in [3.63, 3.8) is 0 Å². The molecule has 1 N–H and O–H groups in total. The molecular weight excluding hydrogens is 425 g/mol. The third kappa shape index (κ3) is 8.34. The largest absolute Gasteiger partial charge is 0.450 e. The van der Waals surface area contributed by atoms with Gasteiger partial charge >= 0.3 is 6.09 Å². The van der Waals surface area contributed by atoms with Crippen LogP contribution in [0.1, 0.15) is 6.92 Å². The number of ether oxygens (including phenoxy) is 2. The van der Waals surface area contributed by atoms with Gasteiger partial charge in [0.15, 0.2) is 5.96 Å². The molecule has 1 rings (SSSR count). The molecule has 0 radical (unpaired) electrons. The van der Waals surface area contributed by atoms with Crippen molar-refractivity contribution in [2.75, 3.05) is 80.2 Å². The van der Waals surface area contributed by atoms with Gasteiger partial charge in [0.1, 0.15) is 0 Å². The summed E-state index contributed by atoms with van der Waals surface area (Å²) in [5.74, 6) is 0.883. The number of amides is 1. The molecule has 0 atom stereocenters. The van der Waals surface area contributed by atoms with E-state index in [2.05, 4.69) is 27.2 Å². The first-order valence-corrected chi connectivity index (χ1v) is 8.17. The second-order valence-electron chi connectivity index (χ2n) is 5.44. The maximum atomic E-state index is 11.7. The fourth-order valence-electron chi connectivity index (χ4n) is 2.37. The lowest BCUT2D eigenvalue weighted by molar-refractivity contribution is 0.0914. The van der Waals surface area contributed by atoms with Crippen LogP contribution in [-0.2, 0) is 9.47 Å². The van der Waals surface area contributed by atoms with Gasteiger partial charge in [-0.3, -0.25) is 4.99 Å². The lowest BCUT2D eigenvalue weighted by Gasteiger charge is -2.36. The van der Waals surface area contributed by atoms with Crippen LogP contribution in [0.25, 0.3) is 0 Å². The molecule has 0 unspecified atom stereocenters. The standard InChI is InChI=1S/C15H31N5O3.HI/c1-5-23-15(21)20-10-8-19(9-11-20)14(16-2)17-6-7-18(3)12-13-22-4;/h5-13H2,1-4H3,(H,16,17);1H. The van der Waals surface area contributed by atoms with Crippen molar-refractivity contribution >= 4 is 36.0 Å². The molecule has 1 amide bonds. The fourth-order valence-corrected chi connectivity index (χ4v) is 2.37. The Bertz CT molecular complexity index is 376. The third-order valence-corrected chi connectivity index (χ3v) is 3.77. The predicted octanol–water partition coefficient (Wildman–Crippen LogP) is 0.532. The lowest BCUT2D eigenvalue weighted by atomic mass is 10.3. The molecule has 1 aliphatic rings. The van der Waals surface area contributed by atoms with Gasteiger partial charge in [0, 0.05) is 60.0 Å². The maximum Gasteiger partial charge on any atom is 0.409 e. The summed E-state index contributed by atoms with van der Waals surface area (Å²) in [7, 11) is 5.57. The molecule has 0 aromatic heterocycles. The summed E-state index contributed by atoms with van der Waals surface area (Å²) in [4.78, 5) is 22.2. The van der Waals surface area contributed by atoms with Crippen LogP contribution in [0, 0.1) is 0 Å². The van der Waals surface area contributed by atoms with Crippen molar-refractivity contribution < 1.29 is 14.3 Å². The van der Waals surface area contributed by atoms with E-state index in [1.807, 2.05) is 6.92 Å². The van der Waals surface area contributed by atoms with E-state index in [9.17, 15) is 4.79 Å². The number of hydrogen-bond donors (Lipinski definition) is 1. The minimum atomic E-state index is -0.227. The molecule has 0 aliphatic carbocycles. The molecule has 1 fully saturated rings. The molecule has 0 bridgehead atoms. The Morgan fingerprint density at radius 2 is 1.83 bits per heavy atom. The zero-order valence-electron chi connectivity index (χ0n) is 15.3. The summed E-state index contributed by atoms with van der Waals surface area (Å²) in [6, 6.07) is 0. The summed E-state index contributed by atoms with van der Waals surface area (Å²) < 4.78 is 10.1. The minimum Gasteiger partial charge on any atom is -0.450 e. The summed E-state index contributed by atoms with van der Waals surface area (Å²) in [5, 5.41) is 3.37. The van der Waals surface area contributed by atoms with Gasteiger partial charge in [-0.05, 0) is 14.0 Å². The molecule has 1 aliphatic heterocycles. The van der Waals surface area contributed by atoms with E-state index in [0.717, 1.165) is 45.3 Å². The van der Waals surface area contributed by atoms with E-state index in [4.69, 9.17) is 9.47 Å². The molecule has 1 heterocycles. The van der Waals surface area contributed by atoms with Crippen LogP contribution in [0.3, 0.4) is 0 Å². The highest BCUT2D eigenvalue weighted by atomic mass is 127. The SMILES string of the molecule is CCOC(=O)N1CCN(C(=NC)NCCN(C)CCOC)CC1.I. The maximum absolute atomic E-state index is 11.7. The number of halogens is 1. The van der Waals surface area contributed by atoms with E-state index in [-0.39, 0.29) is 30.1 Å². The molecule has 1 saturated heterocycles. The van der Waals surface area contributed by atoms with Crippen molar-refractivity contribution in [3.05, 3.63) is 0 Å². The number of nitrogens with zero attached hydrogens (tertiary/aromatic N) is 4. The first-order valence-electron chi connectivity index (χ1n) is 8.17. The van der Waals surface area contributed by atoms with Gasteiger partial charge in [0.2, 0.25) is 0 Å². The van der Waals surface area contributed by atoms with Gasteiger partial charge in [-0.2, -0.15) is 0 Å². The number of rotatable bonds is 7. The lowest BCUT2D eigenvalue weighted by Crippen LogP contribution is -2.54. The highest BCUT2D eigenvalue weighted by Gasteiger charge is 2.23. The number of guanidine groups is 1. The summed E-state index contributed by atoms with van der Waals surface area (Å²) >= 11 is 0. The van der Waals surface area contributed by atoms with Gasteiger partial charge in [-0.15, -0.1) is 24.0 Å². The topological polar surface area (TPSA) is 69.6 Å². The monoisotopic (exact) mass is 457 g/mol. The Morgan fingerprint density at radius 1 is 1.21 bits per heavy atom. The van der Waals surface area contributed by atoms with E-state index in [1.54, 1.807) is 19.1 Å². The second-order valence-corrected chi connectivity index (χ2v) is 5.44. The molecule has 0 spiro atoms. The molecular formula is C15H32IN5O3. The van der Waals surface area contributed by atoms with Gasteiger partial charge in [-0.25, -0.2) is 4.79 Å². The number of carbonyl (C=O) groups excluding carboxylic acids is 1. The average Bonchev–Trinajstić information content (AvgIpc) is 2.57. The Labute approximate surface area is 162 Å². The van der Waals surface area contributed by atoms with E-state index in [0.29, 0.717) is 19.7 Å². The molecule has 0 saturated carbocycles. The predicted molar refractivity (Wildman–Crippen MR) is 106 cm³/mol. The summed E-state index contributed by atoms with van der Waals surface area (Å²) in [5.41, 5.74) is 0. The molecule has 142 valence electrons. The first kappa shape index (κ1) is 23.2. The summed E-state index contributed by atoms with van der Waals surface area (Å²) in [6.07, 6.45) is -0.227. The van der Waals surface area contributed by atoms with Crippen LogP contribution in [0.15, 0.2) is 4.99 Å². The Hall–Kier alpha value is -0.810. The normalized spacial score (nSPS) is 15.3. The number of nitrogens with one attached hydrogen (secondary N) is 1. The van der Waals surface area contributed by atoms with Crippen molar-refractivity contribution in [1.82, 2.24) is 20.0 Å². The smallest absolute Gasteiger partial charge is 0.409 e.